The van der Waals surface area contributed by atoms with E-state index in [2.05, 4.69) is 111 Å². The Labute approximate surface area is 357 Å². The molecule has 5 rings (SSSR count). The molecule has 2 aromatic heterocycles. The molecule has 1 saturated carbocycles. The van der Waals surface area contributed by atoms with Crippen molar-refractivity contribution in [1.82, 2.24) is 19.4 Å². The Bertz CT molecular complexity index is 2210. The number of ketones is 1. The summed E-state index contributed by atoms with van der Waals surface area (Å²) in [6.07, 6.45) is 3.16. The number of thiophene rings is 1. The lowest BCUT2D eigenvalue weighted by Gasteiger charge is -2.44. The van der Waals surface area contributed by atoms with Gasteiger partial charge in [-0.05, 0) is 77.7 Å². The number of hydrogen-bond acceptors (Lipinski definition) is 12. The van der Waals surface area contributed by atoms with E-state index in [0.29, 0.717) is 52.3 Å². The van der Waals surface area contributed by atoms with Gasteiger partial charge in [0.25, 0.3) is 0 Å². The van der Waals surface area contributed by atoms with Crippen LogP contribution in [0.3, 0.4) is 0 Å². The molecule has 0 bridgehead atoms. The van der Waals surface area contributed by atoms with Gasteiger partial charge in [-0.25, -0.2) is 9.97 Å². The van der Waals surface area contributed by atoms with Crippen LogP contribution in [0, 0.1) is 18.4 Å². The summed E-state index contributed by atoms with van der Waals surface area (Å²) in [5.41, 5.74) is 9.00. The zero-order valence-electron chi connectivity index (χ0n) is 36.2. The van der Waals surface area contributed by atoms with Crippen molar-refractivity contribution in [3.8, 4) is 11.5 Å². The highest BCUT2D eigenvalue weighted by atomic mass is 32.2. The van der Waals surface area contributed by atoms with Crippen LogP contribution in [0.15, 0.2) is 36.8 Å². The maximum absolute atomic E-state index is 14.2. The Morgan fingerprint density at radius 3 is 2.17 bits per heavy atom. The molecule has 4 atom stereocenters. The van der Waals surface area contributed by atoms with Gasteiger partial charge in [-0.3, -0.25) is 13.5 Å². The first-order valence-corrected chi connectivity index (χ1v) is 29.2. The molecule has 14 nitrogen and oxygen atoms in total. The highest BCUT2D eigenvalue weighted by molar-refractivity contribution is 7.84. The van der Waals surface area contributed by atoms with E-state index in [1.807, 2.05) is 13.0 Å². The summed E-state index contributed by atoms with van der Waals surface area (Å²) in [5.74, 6) is 3.58. The Morgan fingerprint density at radius 2 is 1.59 bits per heavy atom. The van der Waals surface area contributed by atoms with E-state index in [9.17, 15) is 21.6 Å². The van der Waals surface area contributed by atoms with Crippen molar-refractivity contribution in [2.24, 2.45) is 0 Å². The third kappa shape index (κ3) is 12.6. The van der Waals surface area contributed by atoms with E-state index in [0.717, 1.165) is 35.0 Å². The monoisotopic (exact) mass is 907 g/mol. The zero-order chi connectivity index (χ0) is 44.1. The largest absolute Gasteiger partial charge is 0.410 e. The number of aromatic nitrogens is 2. The molecule has 0 amide bonds. The van der Waals surface area contributed by atoms with Gasteiger partial charge in [0.2, 0.25) is 14.1 Å². The number of nitrogens with zero attached hydrogens (tertiary/aromatic N) is 2. The van der Waals surface area contributed by atoms with E-state index in [1.165, 1.54) is 30.3 Å². The first-order valence-electron chi connectivity index (χ1n) is 19.9. The van der Waals surface area contributed by atoms with Crippen LogP contribution in [0.1, 0.15) is 103 Å². The molecule has 1 aliphatic heterocycles. The molecule has 1 aromatic carbocycles. The average molecular weight is 908 g/mol. The SMILES string of the molecule is CNS(=O)(=O)O.CNS(=O)(=O)O[C@@H]1C[C@H](Nc2ncncc2C(=O)c2cc([C@@H]3OCCc4ccc(C#C[Si](C)(C)C)cc43)c(C)s2)C[C@@H]1O[Si](C(C)C)(C(C)C)C(C)C. The molecule has 326 valence electrons. The molecular weight excluding hydrogens is 847 g/mol. The molecular formula is C40H61N5O9S3Si2. The second-order valence-corrected chi connectivity index (χ2v) is 31.2. The lowest BCUT2D eigenvalue weighted by Crippen LogP contribution is -2.52. The number of ether oxygens (including phenoxy) is 1. The second-order valence-electron chi connectivity index (χ2n) is 16.9. The number of aryl methyl sites for hydroxylation is 1. The van der Waals surface area contributed by atoms with Crippen molar-refractivity contribution >= 4 is 59.9 Å². The second kappa shape index (κ2) is 19.9. The summed E-state index contributed by atoms with van der Waals surface area (Å²) < 4.78 is 75.0. The van der Waals surface area contributed by atoms with Gasteiger partial charge in [0.1, 0.15) is 32.4 Å². The molecule has 1 fully saturated rings. The Hall–Kier alpha value is -2.88. The number of rotatable bonds is 14. The normalized spacial score (nSPS) is 19.9. The molecule has 0 spiro atoms. The Morgan fingerprint density at radius 1 is 0.966 bits per heavy atom. The van der Waals surface area contributed by atoms with E-state index < -0.39 is 49.2 Å². The van der Waals surface area contributed by atoms with Crippen LogP contribution in [0.25, 0.3) is 0 Å². The summed E-state index contributed by atoms with van der Waals surface area (Å²) >= 11 is 1.43. The molecule has 0 radical (unpaired) electrons. The van der Waals surface area contributed by atoms with Crippen molar-refractivity contribution in [2.75, 3.05) is 26.0 Å². The summed E-state index contributed by atoms with van der Waals surface area (Å²) in [6.45, 7) is 22.5. The number of nitrogens with one attached hydrogen (secondary N) is 3. The summed E-state index contributed by atoms with van der Waals surface area (Å²) in [5, 5.41) is 3.46. The molecule has 4 N–H and O–H groups in total. The summed E-state index contributed by atoms with van der Waals surface area (Å²) in [7, 11) is -9.37. The third-order valence-corrected chi connectivity index (χ3v) is 20.3. The lowest BCUT2D eigenvalue weighted by atomic mass is 9.91. The maximum Gasteiger partial charge on any atom is 0.335 e. The van der Waals surface area contributed by atoms with Crippen LogP contribution in [0.4, 0.5) is 5.82 Å². The van der Waals surface area contributed by atoms with Crippen molar-refractivity contribution in [3.63, 3.8) is 0 Å². The van der Waals surface area contributed by atoms with Gasteiger partial charge in [0.15, 0.2) is 0 Å². The van der Waals surface area contributed by atoms with Gasteiger partial charge in [-0.15, -0.1) is 16.9 Å². The van der Waals surface area contributed by atoms with Crippen molar-refractivity contribution in [2.45, 2.75) is 128 Å². The van der Waals surface area contributed by atoms with Crippen LogP contribution in [0.2, 0.25) is 36.3 Å². The smallest absolute Gasteiger partial charge is 0.335 e. The van der Waals surface area contributed by atoms with Crippen molar-refractivity contribution in [1.29, 1.82) is 0 Å². The van der Waals surface area contributed by atoms with Gasteiger partial charge in [0.05, 0.1) is 23.2 Å². The third-order valence-electron chi connectivity index (χ3n) is 10.7. The topological polar surface area (TPSA) is 195 Å². The first kappa shape index (κ1) is 48.8. The summed E-state index contributed by atoms with van der Waals surface area (Å²) in [6, 6.07) is 8.08. The molecule has 0 saturated heterocycles. The fraction of sp³-hybridized carbons (Fsp3) is 0.575. The molecule has 1 aliphatic carbocycles. The maximum atomic E-state index is 14.2. The quantitative estimate of drug-likeness (QED) is 0.0563. The van der Waals surface area contributed by atoms with Gasteiger partial charge < -0.3 is 14.5 Å². The van der Waals surface area contributed by atoms with Gasteiger partial charge in [0, 0.05) is 36.8 Å². The average Bonchev–Trinajstić information content (AvgIpc) is 3.72. The molecule has 0 unspecified atom stereocenters. The predicted octanol–water partition coefficient (Wildman–Crippen LogP) is 6.96. The van der Waals surface area contributed by atoms with Crippen molar-refractivity contribution < 1.29 is 39.5 Å². The number of hydrogen-bond donors (Lipinski definition) is 4. The minimum absolute atomic E-state index is 0.194. The number of carbonyl (C=O) groups is 1. The highest BCUT2D eigenvalue weighted by Gasteiger charge is 2.50. The van der Waals surface area contributed by atoms with E-state index in [4.69, 9.17) is 17.9 Å². The minimum atomic E-state index is -3.98. The fourth-order valence-corrected chi connectivity index (χ4v) is 15.8. The van der Waals surface area contributed by atoms with E-state index in [1.54, 1.807) is 10.9 Å². The van der Waals surface area contributed by atoms with Gasteiger partial charge in [-0.2, -0.15) is 26.3 Å². The lowest BCUT2D eigenvalue weighted by molar-refractivity contribution is 0.0678. The van der Waals surface area contributed by atoms with Gasteiger partial charge in [-0.1, -0.05) is 73.2 Å². The predicted molar refractivity (Wildman–Crippen MR) is 239 cm³/mol. The number of carbonyl (C=O) groups excluding carboxylic acids is 1. The minimum Gasteiger partial charge on any atom is -0.410 e. The number of fused-ring (bicyclic) bond motifs is 1. The van der Waals surface area contributed by atoms with Crippen LogP contribution < -0.4 is 14.8 Å². The highest BCUT2D eigenvalue weighted by Crippen LogP contribution is 2.46. The number of anilines is 1. The molecule has 2 aliphatic rings. The van der Waals surface area contributed by atoms with Crippen LogP contribution in [-0.4, -0.2) is 92.5 Å². The standard InChI is InChI=1S/C39H56N4O6S2Si2.CH5NO3S/c1-24(2)53(25(3)4,26(5)6)49-35-20-30(19-34(35)48-51(45,46)40-8)43-39-33(22-41-23-42-39)37(44)36-21-31(27(7)50-36)38-32-18-28(15-17-52(9,10)11)12-13-29(32)14-16-47-38;1-2-6(3,4)5/h12-13,18,21-26,30,34-35,38,40H,14,16,19-20H2,1-11H3,(H,41,42,43);2H,1H3,(H,3,4,5)/t30-,34+,35-,38-;/m0./s1. The van der Waals surface area contributed by atoms with Crippen LogP contribution in [-0.2, 0) is 40.4 Å². The Kier molecular flexibility index (Phi) is 16.4. The molecule has 59 heavy (non-hydrogen) atoms. The molecule has 3 aromatic rings. The van der Waals surface area contributed by atoms with Crippen molar-refractivity contribution in [3.05, 3.63) is 74.4 Å². The molecule has 19 heteroatoms. The van der Waals surface area contributed by atoms with Gasteiger partial charge >= 0.3 is 20.6 Å². The van der Waals surface area contributed by atoms with Crippen LogP contribution in [0.5, 0.6) is 0 Å². The zero-order valence-corrected chi connectivity index (χ0v) is 40.6. The fourth-order valence-electron chi connectivity index (χ4n) is 8.03. The van der Waals surface area contributed by atoms with E-state index in [-0.39, 0.29) is 17.9 Å². The van der Waals surface area contributed by atoms with Crippen LogP contribution >= 0.6 is 11.3 Å². The number of benzene rings is 1. The molecule has 3 heterocycles. The van der Waals surface area contributed by atoms with E-state index >= 15 is 0 Å². The summed E-state index contributed by atoms with van der Waals surface area (Å²) in [4.78, 5) is 24.5. The first-order chi connectivity index (χ1) is 27.4. The Balaban J connectivity index is 0.00000119.